The number of benzene rings is 1. The monoisotopic (exact) mass is 430 g/mol. The Morgan fingerprint density at radius 2 is 1.65 bits per heavy atom. The minimum atomic E-state index is -1.23. The van der Waals surface area contributed by atoms with E-state index in [2.05, 4.69) is 4.90 Å². The van der Waals surface area contributed by atoms with Crippen LogP contribution in [0, 0.1) is 5.41 Å². The minimum absolute atomic E-state index is 0.268. The van der Waals surface area contributed by atoms with Gasteiger partial charge in [-0.1, -0.05) is 20.8 Å². The highest BCUT2D eigenvalue weighted by Gasteiger charge is 2.57. The molecule has 31 heavy (non-hydrogen) atoms. The number of ether oxygens (including phenoxy) is 2. The van der Waals surface area contributed by atoms with Crippen LogP contribution in [-0.4, -0.2) is 60.9 Å². The number of aldehydes is 1. The van der Waals surface area contributed by atoms with Gasteiger partial charge >= 0.3 is 6.09 Å². The van der Waals surface area contributed by atoms with Crippen molar-refractivity contribution in [3.05, 3.63) is 36.4 Å². The molecule has 1 aliphatic heterocycles. The molecule has 1 aromatic carbocycles. The van der Waals surface area contributed by atoms with Gasteiger partial charge in [0.05, 0.1) is 7.11 Å². The molecule has 7 nitrogen and oxygen atoms in total. The third-order valence-corrected chi connectivity index (χ3v) is 5.50. The Morgan fingerprint density at radius 3 is 2.13 bits per heavy atom. The topological polar surface area (TPSA) is 76.2 Å². The van der Waals surface area contributed by atoms with Crippen LogP contribution in [0.25, 0.3) is 0 Å². The van der Waals surface area contributed by atoms with E-state index in [0.717, 1.165) is 11.4 Å². The van der Waals surface area contributed by atoms with E-state index in [1.165, 1.54) is 17.1 Å². The Morgan fingerprint density at radius 1 is 1.03 bits per heavy atom. The molecule has 1 aliphatic rings. The predicted octanol–water partition coefficient (Wildman–Crippen LogP) is 3.86. The predicted molar refractivity (Wildman–Crippen MR) is 121 cm³/mol. The van der Waals surface area contributed by atoms with Crippen molar-refractivity contribution in [2.24, 2.45) is 5.41 Å². The zero-order chi connectivity index (χ0) is 23.4. The molecule has 1 unspecified atom stereocenters. The first-order valence-corrected chi connectivity index (χ1v) is 10.4. The highest BCUT2D eigenvalue weighted by molar-refractivity contribution is 6.03. The van der Waals surface area contributed by atoms with Gasteiger partial charge in [-0.15, -0.1) is 0 Å². The lowest BCUT2D eigenvalue weighted by molar-refractivity contribution is -0.135. The first-order chi connectivity index (χ1) is 14.4. The Labute approximate surface area is 185 Å². The summed E-state index contributed by atoms with van der Waals surface area (Å²) in [5, 5.41) is 0. The number of rotatable bonds is 5. The van der Waals surface area contributed by atoms with E-state index >= 15 is 0 Å². The number of amides is 1. The van der Waals surface area contributed by atoms with Gasteiger partial charge in [-0.3, -0.25) is 14.5 Å². The lowest BCUT2D eigenvalue weighted by atomic mass is 9.68. The molecule has 0 radical (unpaired) electrons. The van der Waals surface area contributed by atoms with E-state index in [9.17, 15) is 14.4 Å². The van der Waals surface area contributed by atoms with E-state index < -0.39 is 22.6 Å². The second kappa shape index (κ2) is 9.12. The second-order valence-corrected chi connectivity index (χ2v) is 9.72. The number of ketones is 1. The maximum absolute atomic E-state index is 13.5. The average molecular weight is 431 g/mol. The van der Waals surface area contributed by atoms with Crippen LogP contribution in [-0.2, 0) is 14.3 Å². The molecule has 0 aliphatic carbocycles. The maximum atomic E-state index is 13.5. The molecule has 1 atom stereocenters. The van der Waals surface area contributed by atoms with Crippen LogP contribution >= 0.6 is 0 Å². The van der Waals surface area contributed by atoms with Gasteiger partial charge in [-0.25, -0.2) is 4.79 Å². The maximum Gasteiger partial charge on any atom is 0.411 e. The van der Waals surface area contributed by atoms with Gasteiger partial charge in [0, 0.05) is 25.3 Å². The fourth-order valence-corrected chi connectivity index (χ4v) is 3.92. The van der Waals surface area contributed by atoms with Crippen LogP contribution in [0.4, 0.5) is 10.5 Å². The normalized spacial score (nSPS) is 20.0. The zero-order valence-electron chi connectivity index (χ0n) is 19.6. The van der Waals surface area contributed by atoms with Gasteiger partial charge in [0.2, 0.25) is 0 Å². The number of anilines is 1. The van der Waals surface area contributed by atoms with Crippen molar-refractivity contribution >= 4 is 23.9 Å². The number of hydrogen-bond donors (Lipinski definition) is 0. The van der Waals surface area contributed by atoms with Crippen LogP contribution in [0.1, 0.15) is 41.5 Å². The summed E-state index contributed by atoms with van der Waals surface area (Å²) >= 11 is 0. The Bertz CT molecular complexity index is 833. The molecule has 1 amide bonds. The molecular formula is C24H34N2O5. The van der Waals surface area contributed by atoms with Crippen molar-refractivity contribution in [3.63, 3.8) is 0 Å². The van der Waals surface area contributed by atoms with Crippen LogP contribution < -0.4 is 9.64 Å². The summed E-state index contributed by atoms with van der Waals surface area (Å²) in [4.78, 5) is 41.3. The van der Waals surface area contributed by atoms with E-state index in [4.69, 9.17) is 9.47 Å². The van der Waals surface area contributed by atoms with Crippen molar-refractivity contribution in [3.8, 4) is 5.75 Å². The molecule has 0 saturated carbocycles. The van der Waals surface area contributed by atoms with E-state index in [1.807, 2.05) is 45.0 Å². The lowest BCUT2D eigenvalue weighted by Gasteiger charge is -2.55. The first kappa shape index (κ1) is 24.4. The van der Waals surface area contributed by atoms with Crippen molar-refractivity contribution in [2.75, 3.05) is 31.6 Å². The van der Waals surface area contributed by atoms with Gasteiger partial charge in [-0.2, -0.15) is 0 Å². The molecule has 1 heterocycles. The van der Waals surface area contributed by atoms with Gasteiger partial charge in [-0.05, 0) is 62.6 Å². The summed E-state index contributed by atoms with van der Waals surface area (Å²) in [6, 6.07) is 7.59. The molecular weight excluding hydrogens is 396 g/mol. The molecule has 170 valence electrons. The summed E-state index contributed by atoms with van der Waals surface area (Å²) in [7, 11) is 1.61. The number of piperazine rings is 1. The molecule has 0 bridgehead atoms. The highest BCUT2D eigenvalue weighted by atomic mass is 16.6. The molecule has 1 saturated heterocycles. The fraction of sp³-hybridized carbons (Fsp3) is 0.542. The van der Waals surface area contributed by atoms with E-state index in [1.54, 1.807) is 27.9 Å². The Kier molecular flexibility index (Phi) is 7.19. The summed E-state index contributed by atoms with van der Waals surface area (Å²) < 4.78 is 10.9. The fourth-order valence-electron chi connectivity index (χ4n) is 3.92. The molecule has 0 aromatic heterocycles. The van der Waals surface area contributed by atoms with Crippen molar-refractivity contribution in [2.45, 2.75) is 52.7 Å². The lowest BCUT2D eigenvalue weighted by Crippen LogP contribution is -2.73. The number of carbonyl (C=O) groups is 3. The number of nitrogens with zero attached hydrogens (tertiary/aromatic N) is 2. The quantitative estimate of drug-likeness (QED) is 0.522. The first-order valence-electron chi connectivity index (χ1n) is 10.4. The third-order valence-electron chi connectivity index (χ3n) is 5.50. The van der Waals surface area contributed by atoms with Gasteiger partial charge in [0.1, 0.15) is 23.2 Å². The summed E-state index contributed by atoms with van der Waals surface area (Å²) in [6.45, 7) is 12.3. The van der Waals surface area contributed by atoms with Crippen LogP contribution in [0.5, 0.6) is 5.75 Å². The Balaban J connectivity index is 2.56. The summed E-state index contributed by atoms with van der Waals surface area (Å²) in [5.74, 6) is 0.430. The number of carbonyl (C=O) groups excluding carboxylic acids is 3. The third kappa shape index (κ3) is 5.27. The van der Waals surface area contributed by atoms with E-state index in [-0.39, 0.29) is 12.3 Å². The summed E-state index contributed by atoms with van der Waals surface area (Å²) in [5.41, 5.74) is -1.65. The molecule has 1 fully saturated rings. The van der Waals surface area contributed by atoms with Crippen molar-refractivity contribution < 1.29 is 23.9 Å². The molecule has 0 spiro atoms. The van der Waals surface area contributed by atoms with Gasteiger partial charge in [0.15, 0.2) is 5.78 Å². The van der Waals surface area contributed by atoms with Crippen LogP contribution in [0.3, 0.4) is 0 Å². The van der Waals surface area contributed by atoms with Gasteiger partial charge in [0.25, 0.3) is 0 Å². The number of methoxy groups -OCH3 is 1. The van der Waals surface area contributed by atoms with Crippen molar-refractivity contribution in [1.29, 1.82) is 0 Å². The largest absolute Gasteiger partial charge is 0.497 e. The number of hydrogen-bond acceptors (Lipinski definition) is 6. The Hall–Kier alpha value is -2.83. The highest BCUT2D eigenvalue weighted by Crippen LogP contribution is 2.42. The van der Waals surface area contributed by atoms with Crippen LogP contribution in [0.15, 0.2) is 36.4 Å². The zero-order valence-corrected chi connectivity index (χ0v) is 19.6. The van der Waals surface area contributed by atoms with E-state index in [0.29, 0.717) is 19.4 Å². The van der Waals surface area contributed by atoms with Crippen molar-refractivity contribution in [1.82, 2.24) is 4.90 Å². The molecule has 2 rings (SSSR count). The minimum Gasteiger partial charge on any atom is -0.497 e. The second-order valence-electron chi connectivity index (χ2n) is 9.72. The van der Waals surface area contributed by atoms with Crippen LogP contribution in [0.2, 0.25) is 0 Å². The average Bonchev–Trinajstić information content (AvgIpc) is 2.69. The molecule has 1 aromatic rings. The molecule has 7 heteroatoms. The summed E-state index contributed by atoms with van der Waals surface area (Å²) in [6.07, 6.45) is 2.46. The standard InChI is InChI=1S/C24H34N2O5/c1-22(2,3)24(20(28)9-8-16-27)17-25(18-10-12-19(30-7)13-11-18)14-15-26(24)21(29)31-23(4,5)6/h8-13,16H,14-15,17H2,1-7H3/b9-8+. The molecule has 0 N–H and O–H groups in total. The smallest absolute Gasteiger partial charge is 0.411 e. The number of allylic oxidation sites excluding steroid dienone is 1. The van der Waals surface area contributed by atoms with Gasteiger partial charge < -0.3 is 14.4 Å². The SMILES string of the molecule is COc1ccc(N2CCN(C(=O)OC(C)(C)C)C(C(=O)/C=C/C=O)(C(C)(C)C)C2)cc1.